The molecule has 0 radical (unpaired) electrons. The minimum absolute atomic E-state index is 0.170. The summed E-state index contributed by atoms with van der Waals surface area (Å²) in [5.74, 6) is 3.51. The fraction of sp³-hybridized carbons (Fsp3) is 0.417. The fourth-order valence-corrected chi connectivity index (χ4v) is 4.26. The molecule has 1 saturated heterocycles. The first kappa shape index (κ1) is 13.4. The van der Waals surface area contributed by atoms with Gasteiger partial charge in [-0.3, -0.25) is 0 Å². The number of amides is 2. The van der Waals surface area contributed by atoms with Crippen LogP contribution in [-0.4, -0.2) is 35.1 Å². The van der Waals surface area contributed by atoms with Crippen molar-refractivity contribution >= 4 is 40.9 Å². The lowest BCUT2D eigenvalue weighted by molar-refractivity contribution is 0.252. The van der Waals surface area contributed by atoms with Crippen molar-refractivity contribution < 1.29 is 4.79 Å². The smallest absolute Gasteiger partial charge is 0.319 e. The van der Waals surface area contributed by atoms with E-state index in [4.69, 9.17) is 5.73 Å². The van der Waals surface area contributed by atoms with Crippen LogP contribution in [0.5, 0.6) is 0 Å². The maximum Gasteiger partial charge on any atom is 0.319 e. The number of nitrogens with two attached hydrogens (primary N) is 1. The summed E-state index contributed by atoms with van der Waals surface area (Å²) < 4.78 is 0. The maximum absolute atomic E-state index is 11.7. The largest absolute Gasteiger partial charge is 0.399 e. The zero-order valence-corrected chi connectivity index (χ0v) is 11.7. The highest BCUT2D eigenvalue weighted by Crippen LogP contribution is 2.23. The number of benzene rings is 1. The summed E-state index contributed by atoms with van der Waals surface area (Å²) in [6.45, 7) is 0.714. The lowest BCUT2D eigenvalue weighted by Gasteiger charge is -2.21. The number of anilines is 2. The molecule has 2 rings (SSSR count). The third kappa shape index (κ3) is 4.34. The number of hydrogen-bond donors (Lipinski definition) is 3. The van der Waals surface area contributed by atoms with Crippen molar-refractivity contribution in [1.29, 1.82) is 0 Å². The molecule has 1 aliphatic rings. The first-order valence-electron chi connectivity index (χ1n) is 5.84. The van der Waals surface area contributed by atoms with E-state index in [1.165, 1.54) is 11.5 Å². The van der Waals surface area contributed by atoms with Crippen molar-refractivity contribution in [3.05, 3.63) is 24.3 Å². The Morgan fingerprint density at radius 1 is 1.44 bits per heavy atom. The quantitative estimate of drug-likeness (QED) is 0.744. The summed E-state index contributed by atoms with van der Waals surface area (Å²) in [5, 5.41) is 6.19. The Morgan fingerprint density at radius 3 is 3.06 bits per heavy atom. The summed E-state index contributed by atoms with van der Waals surface area (Å²) in [7, 11) is 0. The second-order valence-electron chi connectivity index (χ2n) is 4.03. The van der Waals surface area contributed by atoms with Crippen LogP contribution in [0, 0.1) is 0 Å². The van der Waals surface area contributed by atoms with Gasteiger partial charge >= 0.3 is 6.03 Å². The van der Waals surface area contributed by atoms with Crippen LogP contribution in [0.1, 0.15) is 0 Å². The van der Waals surface area contributed by atoms with Crippen LogP contribution in [-0.2, 0) is 0 Å². The van der Waals surface area contributed by atoms with Crippen LogP contribution < -0.4 is 16.4 Å². The highest BCUT2D eigenvalue weighted by atomic mass is 32.2. The number of nitrogen functional groups attached to an aromatic ring is 1. The van der Waals surface area contributed by atoms with Crippen LogP contribution in [0.4, 0.5) is 16.2 Å². The van der Waals surface area contributed by atoms with Crippen molar-refractivity contribution in [2.45, 2.75) is 5.25 Å². The first-order chi connectivity index (χ1) is 8.74. The first-order valence-corrected chi connectivity index (χ1v) is 8.04. The van der Waals surface area contributed by atoms with Gasteiger partial charge in [-0.15, -0.1) is 0 Å². The Kier molecular flexibility index (Phi) is 5.07. The van der Waals surface area contributed by atoms with Crippen molar-refractivity contribution in [3.8, 4) is 0 Å². The molecular formula is C12H17N3OS2. The highest BCUT2D eigenvalue weighted by molar-refractivity contribution is 8.06. The fourth-order valence-electron chi connectivity index (χ4n) is 1.65. The molecule has 1 aliphatic heterocycles. The van der Waals surface area contributed by atoms with Crippen LogP contribution in [0.15, 0.2) is 24.3 Å². The lowest BCUT2D eigenvalue weighted by Crippen LogP contribution is -2.36. The van der Waals surface area contributed by atoms with Gasteiger partial charge in [0.05, 0.1) is 0 Å². The Hall–Kier alpha value is -1.01. The van der Waals surface area contributed by atoms with Crippen molar-refractivity contribution in [1.82, 2.24) is 5.32 Å². The second kappa shape index (κ2) is 6.80. The van der Waals surface area contributed by atoms with E-state index >= 15 is 0 Å². The Morgan fingerprint density at radius 2 is 2.33 bits per heavy atom. The zero-order chi connectivity index (χ0) is 12.8. The van der Waals surface area contributed by atoms with E-state index in [1.807, 2.05) is 35.7 Å². The number of carbonyl (C=O) groups is 1. The average Bonchev–Trinajstić information content (AvgIpc) is 2.38. The lowest BCUT2D eigenvalue weighted by atomic mass is 10.3. The predicted octanol–water partition coefficient (Wildman–Crippen LogP) is 2.24. The third-order valence-electron chi connectivity index (χ3n) is 2.52. The monoisotopic (exact) mass is 283 g/mol. The second-order valence-corrected chi connectivity index (χ2v) is 6.59. The molecule has 0 spiro atoms. The minimum Gasteiger partial charge on any atom is -0.399 e. The van der Waals surface area contributed by atoms with Crippen molar-refractivity contribution in [2.24, 2.45) is 0 Å². The molecule has 4 nitrogen and oxygen atoms in total. The molecule has 2 amide bonds. The molecule has 6 heteroatoms. The summed E-state index contributed by atoms with van der Waals surface area (Å²) in [5.41, 5.74) is 7.01. The third-order valence-corrected chi connectivity index (χ3v) is 5.36. The summed E-state index contributed by atoms with van der Waals surface area (Å²) in [6.07, 6.45) is 0. The Bertz CT molecular complexity index is 408. The van der Waals surface area contributed by atoms with E-state index in [9.17, 15) is 4.79 Å². The van der Waals surface area contributed by atoms with E-state index < -0.39 is 0 Å². The van der Waals surface area contributed by atoms with E-state index in [-0.39, 0.29) is 6.03 Å². The summed E-state index contributed by atoms with van der Waals surface area (Å²) in [6, 6.07) is 7.00. The average molecular weight is 283 g/mol. The molecule has 1 fully saturated rings. The summed E-state index contributed by atoms with van der Waals surface area (Å²) in [4.78, 5) is 11.7. The van der Waals surface area contributed by atoms with Crippen LogP contribution in [0.25, 0.3) is 0 Å². The Labute approximate surface area is 115 Å². The number of hydrogen-bond acceptors (Lipinski definition) is 4. The molecule has 98 valence electrons. The normalized spacial score (nSPS) is 19.2. The molecule has 1 unspecified atom stereocenters. The number of thioether (sulfide) groups is 2. The van der Waals surface area contributed by atoms with Crippen LogP contribution in [0.3, 0.4) is 0 Å². The molecule has 1 aromatic rings. The van der Waals surface area contributed by atoms with Crippen LogP contribution in [0.2, 0.25) is 0 Å². The molecular weight excluding hydrogens is 266 g/mol. The topological polar surface area (TPSA) is 67.1 Å². The van der Waals surface area contributed by atoms with Crippen LogP contribution >= 0.6 is 23.5 Å². The standard InChI is InChI=1S/C12H17N3OS2/c13-9-2-1-3-10(6-9)15-12(16)14-7-11-8-17-4-5-18-11/h1-3,6,11H,4-5,7-8,13H2,(H2,14,15,16). The molecule has 1 aromatic carbocycles. The van der Waals surface area contributed by atoms with Crippen molar-refractivity contribution in [2.75, 3.05) is 34.9 Å². The highest BCUT2D eigenvalue weighted by Gasteiger charge is 2.14. The van der Waals surface area contributed by atoms with Crippen molar-refractivity contribution in [3.63, 3.8) is 0 Å². The minimum atomic E-state index is -0.170. The van der Waals surface area contributed by atoms with Gasteiger partial charge in [-0.05, 0) is 18.2 Å². The van der Waals surface area contributed by atoms with E-state index in [1.54, 1.807) is 12.1 Å². The molecule has 0 aromatic heterocycles. The van der Waals surface area contributed by atoms with Gasteiger partial charge < -0.3 is 16.4 Å². The molecule has 1 atom stereocenters. The SMILES string of the molecule is Nc1cccc(NC(=O)NCC2CSCCS2)c1. The van der Waals surface area contributed by atoms with Gasteiger partial charge in [0.25, 0.3) is 0 Å². The van der Waals surface area contributed by atoms with Gasteiger partial charge in [0.15, 0.2) is 0 Å². The molecule has 18 heavy (non-hydrogen) atoms. The van der Waals surface area contributed by atoms with E-state index in [0.717, 1.165) is 11.4 Å². The summed E-state index contributed by atoms with van der Waals surface area (Å²) >= 11 is 3.88. The maximum atomic E-state index is 11.7. The number of carbonyl (C=O) groups excluding carboxylic acids is 1. The number of nitrogens with one attached hydrogen (secondary N) is 2. The number of urea groups is 1. The van der Waals surface area contributed by atoms with Gasteiger partial charge in [0, 0.05) is 40.4 Å². The van der Waals surface area contributed by atoms with E-state index in [0.29, 0.717) is 17.5 Å². The molecule has 4 N–H and O–H groups in total. The molecule has 0 saturated carbocycles. The Balaban J connectivity index is 1.74. The predicted molar refractivity (Wildman–Crippen MR) is 81.4 cm³/mol. The van der Waals surface area contributed by atoms with Gasteiger partial charge in [0.2, 0.25) is 0 Å². The molecule has 0 bridgehead atoms. The van der Waals surface area contributed by atoms with E-state index in [2.05, 4.69) is 10.6 Å². The molecule has 1 heterocycles. The molecule has 0 aliphatic carbocycles. The zero-order valence-electron chi connectivity index (χ0n) is 10.0. The van der Waals surface area contributed by atoms with Gasteiger partial charge in [-0.2, -0.15) is 23.5 Å². The van der Waals surface area contributed by atoms with Gasteiger partial charge in [-0.25, -0.2) is 4.79 Å². The number of rotatable bonds is 3. The van der Waals surface area contributed by atoms with Gasteiger partial charge in [-0.1, -0.05) is 6.07 Å². The van der Waals surface area contributed by atoms with Gasteiger partial charge in [0.1, 0.15) is 0 Å².